The predicted molar refractivity (Wildman–Crippen MR) is 145 cm³/mol. The number of anilines is 1. The Morgan fingerprint density at radius 1 is 1.03 bits per heavy atom. The highest BCUT2D eigenvalue weighted by molar-refractivity contribution is 9.10. The lowest BCUT2D eigenvalue weighted by Gasteiger charge is -2.13. The number of benzene rings is 3. The number of hydrogen-bond donors (Lipinski definition) is 1. The van der Waals surface area contributed by atoms with Crippen LogP contribution in [-0.2, 0) is 16.2 Å². The number of rotatable bonds is 7. The van der Waals surface area contributed by atoms with Crippen LogP contribution in [0.25, 0.3) is 6.08 Å². The van der Waals surface area contributed by atoms with Crippen LogP contribution in [0.4, 0.5) is 10.5 Å². The average Bonchev–Trinajstić information content (AvgIpc) is 3.08. The monoisotopic (exact) mass is 634 g/mol. The van der Waals surface area contributed by atoms with Gasteiger partial charge in [-0.15, -0.1) is 0 Å². The van der Waals surface area contributed by atoms with Crippen LogP contribution in [0.15, 0.2) is 80.6 Å². The summed E-state index contributed by atoms with van der Waals surface area (Å²) in [7, 11) is 0. The Kier molecular flexibility index (Phi) is 8.33. The first-order valence-electron chi connectivity index (χ1n) is 10.3. The van der Waals surface area contributed by atoms with Crippen LogP contribution in [0.2, 0.25) is 5.02 Å². The minimum atomic E-state index is -0.539. The van der Waals surface area contributed by atoms with Gasteiger partial charge in [-0.05, 0) is 66.4 Å². The van der Waals surface area contributed by atoms with Gasteiger partial charge in [0.15, 0.2) is 0 Å². The highest BCUT2D eigenvalue weighted by atomic mass is 79.9. The molecule has 0 bridgehead atoms. The summed E-state index contributed by atoms with van der Waals surface area (Å²) in [5.74, 6) is -0.488. The Labute approximate surface area is 227 Å². The number of ether oxygens (including phenoxy) is 1. The van der Waals surface area contributed by atoms with Crippen LogP contribution in [0.3, 0.4) is 0 Å². The molecule has 0 atom stereocenters. The van der Waals surface area contributed by atoms with Gasteiger partial charge < -0.3 is 10.1 Å². The lowest BCUT2D eigenvalue weighted by Crippen LogP contribution is -2.36. The molecule has 0 aliphatic carbocycles. The minimum Gasteiger partial charge on any atom is -0.488 e. The summed E-state index contributed by atoms with van der Waals surface area (Å²) in [5, 5.41) is 2.76. The number of carbonyl (C=O) groups excluding carboxylic acids is 3. The maximum atomic E-state index is 12.9. The topological polar surface area (TPSA) is 75.7 Å². The number of thioether (sulfide) groups is 1. The first kappa shape index (κ1) is 25.5. The van der Waals surface area contributed by atoms with Crippen molar-refractivity contribution in [3.05, 3.63) is 96.7 Å². The lowest BCUT2D eigenvalue weighted by molar-refractivity contribution is -0.127. The second-order valence-electron chi connectivity index (χ2n) is 7.39. The molecule has 4 rings (SSSR count). The summed E-state index contributed by atoms with van der Waals surface area (Å²) in [6.07, 6.45) is 1.59. The van der Waals surface area contributed by atoms with Crippen LogP contribution in [0.5, 0.6) is 5.75 Å². The third kappa shape index (κ3) is 6.55. The highest BCUT2D eigenvalue weighted by Crippen LogP contribution is 2.35. The Bertz CT molecular complexity index is 1330. The summed E-state index contributed by atoms with van der Waals surface area (Å²) in [4.78, 5) is 39.0. The second kappa shape index (κ2) is 11.4. The van der Waals surface area contributed by atoms with Crippen LogP contribution < -0.4 is 10.1 Å². The Balaban J connectivity index is 1.48. The number of nitrogens with one attached hydrogen (secondary N) is 1. The van der Waals surface area contributed by atoms with Crippen molar-refractivity contribution in [2.24, 2.45) is 0 Å². The molecule has 1 fully saturated rings. The summed E-state index contributed by atoms with van der Waals surface area (Å²) in [5.41, 5.74) is 1.99. The Morgan fingerprint density at radius 2 is 1.74 bits per heavy atom. The van der Waals surface area contributed by atoms with E-state index in [0.717, 1.165) is 31.2 Å². The molecule has 1 saturated heterocycles. The molecule has 1 aliphatic heterocycles. The molecule has 0 aromatic heterocycles. The van der Waals surface area contributed by atoms with Crippen molar-refractivity contribution in [1.29, 1.82) is 0 Å². The van der Waals surface area contributed by atoms with Crippen LogP contribution in [0.1, 0.15) is 11.1 Å². The van der Waals surface area contributed by atoms with Gasteiger partial charge in [0.1, 0.15) is 18.9 Å². The van der Waals surface area contributed by atoms with Crippen LogP contribution in [-0.4, -0.2) is 28.5 Å². The van der Waals surface area contributed by atoms with E-state index in [1.165, 1.54) is 0 Å². The largest absolute Gasteiger partial charge is 0.488 e. The van der Waals surface area contributed by atoms with Gasteiger partial charge in [0, 0.05) is 30.8 Å². The number of amides is 3. The van der Waals surface area contributed by atoms with E-state index in [1.54, 1.807) is 48.5 Å². The molecule has 1 N–H and O–H groups in total. The summed E-state index contributed by atoms with van der Waals surface area (Å²) >= 11 is 13.8. The van der Waals surface area contributed by atoms with Crippen molar-refractivity contribution in [2.75, 3.05) is 11.9 Å². The fourth-order valence-corrected chi connectivity index (χ4v) is 4.85. The molecule has 3 aromatic carbocycles. The quantitative estimate of drug-likeness (QED) is 0.280. The molecule has 0 radical (unpaired) electrons. The zero-order chi connectivity index (χ0) is 24.9. The van der Waals surface area contributed by atoms with Crippen LogP contribution in [0, 0.1) is 0 Å². The number of nitrogens with zero attached hydrogens (tertiary/aromatic N) is 1. The third-order valence-corrected chi connectivity index (χ3v) is 7.20. The first-order chi connectivity index (χ1) is 16.8. The van der Waals surface area contributed by atoms with Gasteiger partial charge in [0.05, 0.1) is 4.91 Å². The van der Waals surface area contributed by atoms with Crippen molar-refractivity contribution in [3.8, 4) is 5.75 Å². The smallest absolute Gasteiger partial charge is 0.294 e. The van der Waals surface area contributed by atoms with Crippen molar-refractivity contribution < 1.29 is 19.1 Å². The molecular weight excluding hydrogens is 620 g/mol. The fraction of sp³-hybridized carbons (Fsp3) is 0.0800. The van der Waals surface area contributed by atoms with Crippen molar-refractivity contribution in [3.63, 3.8) is 0 Å². The van der Waals surface area contributed by atoms with E-state index in [1.807, 2.05) is 24.3 Å². The lowest BCUT2D eigenvalue weighted by atomic mass is 10.1. The molecule has 10 heteroatoms. The Morgan fingerprint density at radius 3 is 2.49 bits per heavy atom. The van der Waals surface area contributed by atoms with E-state index in [4.69, 9.17) is 16.3 Å². The van der Waals surface area contributed by atoms with Gasteiger partial charge in [0.25, 0.3) is 11.1 Å². The van der Waals surface area contributed by atoms with E-state index in [9.17, 15) is 14.4 Å². The van der Waals surface area contributed by atoms with Crippen molar-refractivity contribution >= 4 is 84.0 Å². The number of carbonyl (C=O) groups is 3. The summed E-state index contributed by atoms with van der Waals surface area (Å²) in [6, 6.07) is 19.7. The highest BCUT2D eigenvalue weighted by Gasteiger charge is 2.36. The van der Waals surface area contributed by atoms with Gasteiger partial charge in [0.2, 0.25) is 5.91 Å². The van der Waals surface area contributed by atoms with Gasteiger partial charge in [-0.3, -0.25) is 19.3 Å². The molecule has 0 saturated carbocycles. The van der Waals surface area contributed by atoms with Crippen molar-refractivity contribution in [1.82, 2.24) is 4.90 Å². The van der Waals surface area contributed by atoms with Gasteiger partial charge in [-0.2, -0.15) is 0 Å². The molecule has 35 heavy (non-hydrogen) atoms. The molecule has 3 aromatic rings. The maximum absolute atomic E-state index is 12.9. The Hall–Kier alpha value is -2.59. The predicted octanol–water partition coefficient (Wildman–Crippen LogP) is 7.12. The van der Waals surface area contributed by atoms with E-state index in [0.29, 0.717) is 22.0 Å². The fourth-order valence-electron chi connectivity index (χ4n) is 3.19. The molecule has 6 nitrogen and oxygen atoms in total. The van der Waals surface area contributed by atoms with Crippen LogP contribution >= 0.6 is 55.2 Å². The maximum Gasteiger partial charge on any atom is 0.294 e. The molecule has 178 valence electrons. The van der Waals surface area contributed by atoms with E-state index >= 15 is 0 Å². The van der Waals surface area contributed by atoms with Gasteiger partial charge in [-0.1, -0.05) is 61.7 Å². The SMILES string of the molecule is O=C(CN1C(=O)S/C(=C/c2cc(Br)ccc2OCc2ccccc2Cl)C1=O)Nc1ccc(Br)cc1. The van der Waals surface area contributed by atoms with E-state index in [-0.39, 0.29) is 18.1 Å². The molecule has 0 unspecified atom stereocenters. The van der Waals surface area contributed by atoms with E-state index < -0.39 is 17.1 Å². The summed E-state index contributed by atoms with van der Waals surface area (Å²) < 4.78 is 7.61. The second-order valence-corrected chi connectivity index (χ2v) is 10.6. The number of halogens is 3. The normalized spacial score (nSPS) is 14.5. The molecular formula is C25H17Br2ClN2O4S. The standard InChI is InChI=1S/C25H17Br2ClN2O4S/c26-17-5-8-19(9-6-17)29-23(31)13-30-24(32)22(35-25(30)33)12-16-11-18(27)7-10-21(16)34-14-15-3-1-2-4-20(15)28/h1-12H,13-14H2,(H,29,31)/b22-12+. The van der Waals surface area contributed by atoms with E-state index in [2.05, 4.69) is 37.2 Å². The molecule has 0 spiro atoms. The molecule has 3 amide bonds. The summed E-state index contributed by atoms with van der Waals surface area (Å²) in [6.45, 7) is -0.147. The molecule has 1 heterocycles. The minimum absolute atomic E-state index is 0.201. The first-order valence-corrected chi connectivity index (χ1v) is 13.0. The molecule has 1 aliphatic rings. The number of hydrogen-bond acceptors (Lipinski definition) is 5. The zero-order valence-corrected chi connectivity index (χ0v) is 22.7. The third-order valence-electron chi connectivity index (χ3n) is 4.90. The van der Waals surface area contributed by atoms with Gasteiger partial charge >= 0.3 is 0 Å². The van der Waals surface area contributed by atoms with Crippen molar-refractivity contribution in [2.45, 2.75) is 6.61 Å². The average molecular weight is 637 g/mol. The zero-order valence-electron chi connectivity index (χ0n) is 18.0. The number of imide groups is 1. The van der Waals surface area contributed by atoms with Gasteiger partial charge in [-0.25, -0.2) is 0 Å².